The number of hydrogen-bond donors (Lipinski definition) is 6. The van der Waals surface area contributed by atoms with E-state index in [4.69, 9.17) is 10.9 Å². The molecule has 2 fully saturated rings. The van der Waals surface area contributed by atoms with E-state index in [0.29, 0.717) is 36.8 Å². The van der Waals surface area contributed by atoms with E-state index in [9.17, 15) is 21.6 Å². The number of aromatic nitrogens is 2. The number of halogens is 3. The number of hydrazine groups is 3. The molecule has 4 rings (SSSR count). The van der Waals surface area contributed by atoms with E-state index < -0.39 is 32.8 Å². The molecule has 11 nitrogen and oxygen atoms in total. The minimum absolute atomic E-state index is 0.117. The first kappa shape index (κ1) is 22.1. The fourth-order valence-electron chi connectivity index (χ4n) is 3.85. The number of primary sulfonamides is 1. The number of nitrogens with two attached hydrogens (primary N) is 2. The average molecular weight is 480 g/mol. The second kappa shape index (κ2) is 8.12. The molecular weight excluding hydrogens is 459 g/mol. The van der Waals surface area contributed by atoms with Gasteiger partial charge in [0, 0.05) is 30.3 Å². The lowest BCUT2D eigenvalue weighted by Crippen LogP contribution is -2.37. The van der Waals surface area contributed by atoms with E-state index >= 15 is 0 Å². The maximum absolute atomic E-state index is 13.6. The van der Waals surface area contributed by atoms with Crippen LogP contribution in [0.15, 0.2) is 17.0 Å². The van der Waals surface area contributed by atoms with E-state index in [1.54, 1.807) is 0 Å². The number of benzene rings is 1. The topological polar surface area (TPSA) is 163 Å². The van der Waals surface area contributed by atoms with E-state index in [1.807, 2.05) is 4.90 Å². The lowest BCUT2D eigenvalue weighted by Gasteiger charge is -2.35. The van der Waals surface area contributed by atoms with E-state index in [1.165, 1.54) is 17.4 Å². The number of anilines is 2. The van der Waals surface area contributed by atoms with Gasteiger partial charge in [0.05, 0.1) is 5.56 Å². The van der Waals surface area contributed by atoms with Crippen LogP contribution in [0.1, 0.15) is 41.1 Å². The van der Waals surface area contributed by atoms with Crippen molar-refractivity contribution in [3.05, 3.63) is 28.3 Å². The van der Waals surface area contributed by atoms with Gasteiger partial charge in [-0.1, -0.05) is 11.3 Å². The van der Waals surface area contributed by atoms with Crippen LogP contribution in [0.3, 0.4) is 0 Å². The van der Waals surface area contributed by atoms with Gasteiger partial charge in [-0.3, -0.25) is 0 Å². The monoisotopic (exact) mass is 479 g/mol. The van der Waals surface area contributed by atoms with Gasteiger partial charge in [-0.05, 0) is 25.0 Å². The summed E-state index contributed by atoms with van der Waals surface area (Å²) >= 11 is 1.31. The quantitative estimate of drug-likeness (QED) is 0.359. The number of nitrogens with zero attached hydrogens (tertiary/aromatic N) is 3. The van der Waals surface area contributed by atoms with Crippen LogP contribution >= 0.6 is 11.3 Å². The van der Waals surface area contributed by atoms with Crippen LogP contribution in [-0.2, 0) is 16.2 Å². The van der Waals surface area contributed by atoms with Crippen molar-refractivity contribution in [1.82, 2.24) is 32.1 Å². The molecule has 0 aliphatic carbocycles. The van der Waals surface area contributed by atoms with Gasteiger partial charge in [-0.2, -0.15) is 24.2 Å². The lowest BCUT2D eigenvalue weighted by atomic mass is 9.95. The summed E-state index contributed by atoms with van der Waals surface area (Å²) in [6.07, 6.45) is -4.57. The van der Waals surface area contributed by atoms with E-state index in [-0.39, 0.29) is 11.5 Å². The molecule has 1 aromatic carbocycles. The van der Waals surface area contributed by atoms with Gasteiger partial charge in [-0.25, -0.2) is 24.4 Å². The lowest BCUT2D eigenvalue weighted by molar-refractivity contribution is -0.140. The zero-order valence-corrected chi connectivity index (χ0v) is 17.5. The van der Waals surface area contributed by atoms with Crippen molar-refractivity contribution in [3.8, 4) is 0 Å². The molecule has 1 aromatic heterocycles. The third kappa shape index (κ3) is 4.45. The number of nitrogen functional groups attached to an aromatic ring is 1. The van der Waals surface area contributed by atoms with Crippen molar-refractivity contribution < 1.29 is 21.6 Å². The van der Waals surface area contributed by atoms with Gasteiger partial charge in [0.1, 0.15) is 16.1 Å². The van der Waals surface area contributed by atoms with Crippen molar-refractivity contribution in [2.75, 3.05) is 23.7 Å². The van der Waals surface area contributed by atoms with Crippen LogP contribution in [0, 0.1) is 0 Å². The third-order valence-electron chi connectivity index (χ3n) is 5.19. The highest BCUT2D eigenvalue weighted by molar-refractivity contribution is 7.89. The molecule has 31 heavy (non-hydrogen) atoms. The van der Waals surface area contributed by atoms with Gasteiger partial charge in [0.2, 0.25) is 15.2 Å². The smallest absolute Gasteiger partial charge is 0.374 e. The number of nitrogens with one attached hydrogen (secondary N) is 4. The highest BCUT2D eigenvalue weighted by Gasteiger charge is 2.41. The summed E-state index contributed by atoms with van der Waals surface area (Å²) < 4.78 is 65.5. The summed E-state index contributed by atoms with van der Waals surface area (Å²) in [6.45, 7) is 0.945. The van der Waals surface area contributed by atoms with Crippen molar-refractivity contribution in [3.63, 3.8) is 0 Å². The summed E-state index contributed by atoms with van der Waals surface area (Å²) in [5, 5.41) is 14.3. The average Bonchev–Trinajstić information content (AvgIpc) is 3.37. The Bertz CT molecular complexity index is 1060. The molecule has 2 aromatic rings. The van der Waals surface area contributed by atoms with Crippen LogP contribution in [0.2, 0.25) is 0 Å². The molecular formula is C15H20F3N9O2S2. The maximum atomic E-state index is 13.6. The minimum Gasteiger partial charge on any atom is -0.374 e. The number of piperidine rings is 1. The molecule has 0 atom stereocenters. The molecule has 0 bridgehead atoms. The normalized spacial score (nSPS) is 19.3. The largest absolute Gasteiger partial charge is 0.417 e. The summed E-state index contributed by atoms with van der Waals surface area (Å²) in [7, 11) is -4.71. The zero-order valence-electron chi connectivity index (χ0n) is 15.9. The number of sulfonamides is 1. The summed E-state index contributed by atoms with van der Waals surface area (Å²) in [5.41, 5.74) is 14.9. The van der Waals surface area contributed by atoms with E-state index in [0.717, 1.165) is 11.1 Å². The third-order valence-corrected chi connectivity index (χ3v) is 7.11. The van der Waals surface area contributed by atoms with Crippen molar-refractivity contribution in [1.29, 1.82) is 0 Å². The molecule has 8 N–H and O–H groups in total. The highest BCUT2D eigenvalue weighted by Crippen LogP contribution is 2.42. The predicted molar refractivity (Wildman–Crippen MR) is 107 cm³/mol. The first-order valence-electron chi connectivity index (χ1n) is 9.17. The summed E-state index contributed by atoms with van der Waals surface area (Å²) in [4.78, 5) is 0.874. The Hall–Kier alpha value is -2.08. The summed E-state index contributed by atoms with van der Waals surface area (Å²) in [6, 6.07) is 2.03. The fourth-order valence-corrected chi connectivity index (χ4v) is 5.65. The van der Waals surface area contributed by atoms with Gasteiger partial charge in [-0.15, -0.1) is 10.2 Å². The Morgan fingerprint density at radius 2 is 1.77 bits per heavy atom. The maximum Gasteiger partial charge on any atom is 0.417 e. The molecule has 170 valence electrons. The summed E-state index contributed by atoms with van der Waals surface area (Å²) in [5.74, 6) is 0.118. The standard InChI is InChI=1S/C15H20F3N9O2S2/c16-15(17,18)8-1-2-9(10(11(8)31(20,28)29)12-21-25-26-22-12)27-5-3-7(4-6-27)13-23-24-14(19)30-13/h1-2,7,12,21-22,25-26H,3-6H2,(H2,19,24)(H2,20,28,29). The van der Waals surface area contributed by atoms with Gasteiger partial charge < -0.3 is 10.6 Å². The number of hydrogen-bond acceptors (Lipinski definition) is 11. The second-order valence-electron chi connectivity index (χ2n) is 7.13. The fraction of sp³-hybridized carbons (Fsp3) is 0.467. The van der Waals surface area contributed by atoms with Crippen LogP contribution < -0.4 is 37.7 Å². The predicted octanol–water partition coefficient (Wildman–Crippen LogP) is 0.286. The number of alkyl halides is 3. The van der Waals surface area contributed by atoms with Crippen molar-refractivity contribution >= 4 is 32.2 Å². The molecule has 2 aliphatic heterocycles. The Kier molecular flexibility index (Phi) is 5.80. The molecule has 0 radical (unpaired) electrons. The Labute approximate surface area is 179 Å². The van der Waals surface area contributed by atoms with Crippen LogP contribution in [-0.4, -0.2) is 31.7 Å². The first-order valence-corrected chi connectivity index (χ1v) is 11.5. The van der Waals surface area contributed by atoms with Crippen LogP contribution in [0.25, 0.3) is 0 Å². The van der Waals surface area contributed by atoms with Gasteiger partial charge in [0.15, 0.2) is 0 Å². The van der Waals surface area contributed by atoms with Crippen LogP contribution in [0.4, 0.5) is 24.0 Å². The Balaban J connectivity index is 1.74. The molecule has 0 unspecified atom stereocenters. The van der Waals surface area contributed by atoms with Crippen molar-refractivity contribution in [2.24, 2.45) is 5.14 Å². The van der Waals surface area contributed by atoms with Gasteiger partial charge >= 0.3 is 6.18 Å². The Morgan fingerprint density at radius 3 is 2.29 bits per heavy atom. The molecule has 0 spiro atoms. The van der Waals surface area contributed by atoms with E-state index in [2.05, 4.69) is 32.1 Å². The zero-order chi connectivity index (χ0) is 22.4. The SMILES string of the molecule is Nc1nnc(C2CCN(c3ccc(C(F)(F)F)c(S(N)(=O)=O)c3C3NNNN3)CC2)s1. The van der Waals surface area contributed by atoms with Gasteiger partial charge in [0.25, 0.3) is 0 Å². The highest BCUT2D eigenvalue weighted by atomic mass is 32.2. The molecule has 3 heterocycles. The second-order valence-corrected chi connectivity index (χ2v) is 9.67. The molecule has 0 saturated carbocycles. The molecule has 16 heteroatoms. The number of rotatable bonds is 4. The first-order chi connectivity index (χ1) is 14.6. The Morgan fingerprint density at radius 1 is 1.13 bits per heavy atom. The van der Waals surface area contributed by atoms with Crippen molar-refractivity contribution in [2.45, 2.75) is 36.0 Å². The molecule has 2 aliphatic rings. The minimum atomic E-state index is -4.90. The van der Waals surface area contributed by atoms with Crippen LogP contribution in [0.5, 0.6) is 0 Å². The molecule has 0 amide bonds. The molecule has 2 saturated heterocycles.